The van der Waals surface area contributed by atoms with Crippen molar-refractivity contribution < 1.29 is 4.79 Å². The van der Waals surface area contributed by atoms with E-state index in [4.69, 9.17) is 4.98 Å². The minimum atomic E-state index is -0.260. The highest BCUT2D eigenvalue weighted by Crippen LogP contribution is 2.31. The van der Waals surface area contributed by atoms with Crippen LogP contribution in [-0.4, -0.2) is 40.5 Å². The molecule has 5 rings (SSSR count). The van der Waals surface area contributed by atoms with Crippen molar-refractivity contribution in [2.24, 2.45) is 0 Å². The van der Waals surface area contributed by atoms with Crippen LogP contribution >= 0.6 is 0 Å². The zero-order valence-electron chi connectivity index (χ0n) is 24.2. The van der Waals surface area contributed by atoms with E-state index >= 15 is 0 Å². The average molecular weight is 550 g/mol. The van der Waals surface area contributed by atoms with E-state index in [-0.39, 0.29) is 16.9 Å². The van der Waals surface area contributed by atoms with Gasteiger partial charge in [0.25, 0.3) is 0 Å². The summed E-state index contributed by atoms with van der Waals surface area (Å²) < 4.78 is 3.48. The van der Waals surface area contributed by atoms with Crippen molar-refractivity contribution in [2.45, 2.75) is 65.8 Å². The van der Waals surface area contributed by atoms with E-state index in [1.807, 2.05) is 59.3 Å². The first-order valence-electron chi connectivity index (χ1n) is 13.9. The number of ketones is 1. The Morgan fingerprint density at radius 2 is 1.78 bits per heavy atom. The molecule has 0 amide bonds. The summed E-state index contributed by atoms with van der Waals surface area (Å²) in [6, 6.07) is 17.4. The highest BCUT2D eigenvalue weighted by molar-refractivity contribution is 5.98. The fraction of sp³-hybridized carbons (Fsp3) is 0.312. The second-order valence-electron chi connectivity index (χ2n) is 11.3. The van der Waals surface area contributed by atoms with Crippen LogP contribution in [0.5, 0.6) is 0 Å². The summed E-state index contributed by atoms with van der Waals surface area (Å²) in [6.45, 7) is 10.4. The first-order chi connectivity index (χ1) is 19.7. The molecule has 0 bridgehead atoms. The lowest BCUT2D eigenvalue weighted by Crippen LogP contribution is -2.28. The summed E-state index contributed by atoms with van der Waals surface area (Å²) in [5.41, 5.74) is 6.07. The molecule has 0 atom stereocenters. The third-order valence-electron chi connectivity index (χ3n) is 7.27. The number of Topliss-reactive ketones (excluding diaryl/α,β-unsaturated/α-hetero) is 1. The van der Waals surface area contributed by atoms with Crippen LogP contribution in [0.1, 0.15) is 74.6 Å². The summed E-state index contributed by atoms with van der Waals surface area (Å²) in [6.07, 6.45) is 6.44. The van der Waals surface area contributed by atoms with Crippen molar-refractivity contribution in [3.8, 4) is 28.3 Å². The van der Waals surface area contributed by atoms with Gasteiger partial charge >= 0.3 is 5.69 Å². The number of hydrogen-bond donors (Lipinski definition) is 1. The van der Waals surface area contributed by atoms with Gasteiger partial charge < -0.3 is 0 Å². The van der Waals surface area contributed by atoms with E-state index in [0.29, 0.717) is 23.6 Å². The quantitative estimate of drug-likeness (QED) is 0.234. The fourth-order valence-corrected chi connectivity index (χ4v) is 5.14. The van der Waals surface area contributed by atoms with Gasteiger partial charge in [0.1, 0.15) is 0 Å². The van der Waals surface area contributed by atoms with Crippen LogP contribution in [-0.2, 0) is 18.4 Å². The number of aryl methyl sites for hydroxylation is 1. The Balaban J connectivity index is 1.56. The largest absolute Gasteiger partial charge is 0.333 e. The van der Waals surface area contributed by atoms with Gasteiger partial charge in [-0.2, -0.15) is 5.21 Å². The number of unbranched alkanes of at least 4 members (excludes halogenated alkanes) is 1. The molecule has 210 valence electrons. The average Bonchev–Trinajstić information content (AvgIpc) is 3.60. The molecule has 0 saturated carbocycles. The van der Waals surface area contributed by atoms with E-state index < -0.39 is 0 Å². The van der Waals surface area contributed by atoms with Crippen LogP contribution < -0.4 is 5.69 Å². The second kappa shape index (κ2) is 11.4. The van der Waals surface area contributed by atoms with Gasteiger partial charge in [0.15, 0.2) is 5.78 Å². The van der Waals surface area contributed by atoms with Gasteiger partial charge in [-0.3, -0.25) is 18.9 Å². The van der Waals surface area contributed by atoms with Crippen molar-refractivity contribution in [3.05, 3.63) is 99.9 Å². The lowest BCUT2D eigenvalue weighted by Gasteiger charge is -2.24. The maximum Gasteiger partial charge on any atom is 0.333 e. The molecule has 0 saturated heterocycles. The maximum absolute atomic E-state index is 14.0. The number of pyridine rings is 1. The predicted octanol–water partition coefficient (Wildman–Crippen LogP) is 5.77. The Labute approximate surface area is 239 Å². The zero-order valence-corrected chi connectivity index (χ0v) is 24.2. The SMILES string of the molecule is CCCCc1cn(-c2c(C(C)=O)cccc2C(C)(C)C)c(=O)n1Cc1ccc(-c2ccccc2-c2nn[nH]n2)nc1. The molecule has 0 unspecified atom stereocenters. The molecule has 2 aromatic carbocycles. The van der Waals surface area contributed by atoms with E-state index in [9.17, 15) is 9.59 Å². The van der Waals surface area contributed by atoms with Gasteiger partial charge in [0.2, 0.25) is 5.82 Å². The Morgan fingerprint density at radius 1 is 1.00 bits per heavy atom. The molecule has 0 aliphatic rings. The van der Waals surface area contributed by atoms with Crippen molar-refractivity contribution in [3.63, 3.8) is 0 Å². The molecule has 41 heavy (non-hydrogen) atoms. The fourth-order valence-electron chi connectivity index (χ4n) is 5.14. The standard InChI is InChI=1S/C32H35N7O2/c1-6-7-11-23-20-39(29-24(21(2)40)14-10-15-27(29)32(3,4)5)31(41)38(23)19-22-16-17-28(33-18-22)25-12-8-9-13-26(25)30-34-36-37-35-30/h8-10,12-18,20H,6-7,11,19H2,1-5H3,(H,34,35,36,37). The number of carbonyl (C=O) groups excluding carboxylic acids is 1. The predicted molar refractivity (Wildman–Crippen MR) is 159 cm³/mol. The van der Waals surface area contributed by atoms with Crippen LogP contribution in [0.2, 0.25) is 0 Å². The number of aromatic nitrogens is 7. The van der Waals surface area contributed by atoms with Crippen LogP contribution in [0.3, 0.4) is 0 Å². The molecule has 1 N–H and O–H groups in total. The zero-order chi connectivity index (χ0) is 29.1. The number of benzene rings is 2. The molecule has 0 spiro atoms. The summed E-state index contributed by atoms with van der Waals surface area (Å²) in [5, 5.41) is 14.4. The number of nitrogens with zero attached hydrogens (tertiary/aromatic N) is 6. The Morgan fingerprint density at radius 3 is 2.41 bits per heavy atom. The van der Waals surface area contributed by atoms with E-state index in [1.54, 1.807) is 23.8 Å². The number of H-pyrrole nitrogens is 1. The van der Waals surface area contributed by atoms with Gasteiger partial charge in [0, 0.05) is 34.8 Å². The smallest absolute Gasteiger partial charge is 0.294 e. The topological polar surface area (TPSA) is 111 Å². The molecule has 9 nitrogen and oxygen atoms in total. The van der Waals surface area contributed by atoms with Crippen LogP contribution in [0.4, 0.5) is 0 Å². The lowest BCUT2D eigenvalue weighted by molar-refractivity contribution is 0.101. The van der Waals surface area contributed by atoms with E-state index in [1.165, 1.54) is 0 Å². The molecule has 0 radical (unpaired) electrons. The third kappa shape index (κ3) is 5.66. The molecule has 9 heteroatoms. The normalized spacial score (nSPS) is 11.6. The first kappa shape index (κ1) is 27.9. The number of rotatable bonds is 9. The minimum absolute atomic E-state index is 0.0678. The molecule has 0 aliphatic carbocycles. The van der Waals surface area contributed by atoms with Crippen molar-refractivity contribution in [1.29, 1.82) is 0 Å². The third-order valence-corrected chi connectivity index (χ3v) is 7.27. The first-order valence-corrected chi connectivity index (χ1v) is 13.9. The number of hydrogen-bond acceptors (Lipinski definition) is 6. The van der Waals surface area contributed by atoms with Crippen molar-refractivity contribution in [1.82, 2.24) is 34.7 Å². The highest BCUT2D eigenvalue weighted by Gasteiger charge is 2.25. The minimum Gasteiger partial charge on any atom is -0.294 e. The van der Waals surface area contributed by atoms with Crippen LogP contribution in [0, 0.1) is 0 Å². The summed E-state index contributed by atoms with van der Waals surface area (Å²) in [5.74, 6) is 0.433. The van der Waals surface area contributed by atoms with E-state index in [0.717, 1.165) is 52.9 Å². The number of tetrazole rings is 1. The van der Waals surface area contributed by atoms with E-state index in [2.05, 4.69) is 48.3 Å². The van der Waals surface area contributed by atoms with Crippen LogP contribution in [0.25, 0.3) is 28.3 Å². The molecular formula is C32H35N7O2. The number of para-hydroxylation sites is 1. The molecule has 3 aromatic heterocycles. The molecular weight excluding hydrogens is 514 g/mol. The molecule has 3 heterocycles. The Bertz CT molecular complexity index is 1720. The Hall–Kier alpha value is -4.66. The van der Waals surface area contributed by atoms with Crippen LogP contribution in [0.15, 0.2) is 71.8 Å². The van der Waals surface area contributed by atoms with Gasteiger partial charge in [0.05, 0.1) is 17.9 Å². The molecule has 0 fully saturated rings. The summed E-state index contributed by atoms with van der Waals surface area (Å²) in [4.78, 5) is 31.5. The van der Waals surface area contributed by atoms with Gasteiger partial charge in [-0.05, 0) is 53.7 Å². The Kier molecular flexibility index (Phi) is 7.79. The summed E-state index contributed by atoms with van der Waals surface area (Å²) in [7, 11) is 0. The maximum atomic E-state index is 14.0. The molecule has 0 aliphatic heterocycles. The van der Waals surface area contributed by atoms with Crippen molar-refractivity contribution in [2.75, 3.05) is 0 Å². The summed E-state index contributed by atoms with van der Waals surface area (Å²) >= 11 is 0. The molecule has 5 aromatic rings. The second-order valence-corrected chi connectivity index (χ2v) is 11.3. The monoisotopic (exact) mass is 549 g/mol. The lowest BCUT2D eigenvalue weighted by atomic mass is 9.84. The number of nitrogens with one attached hydrogen (secondary N) is 1. The van der Waals surface area contributed by atoms with Crippen molar-refractivity contribution >= 4 is 5.78 Å². The number of aromatic amines is 1. The highest BCUT2D eigenvalue weighted by atomic mass is 16.2. The number of imidazole rings is 1. The van der Waals surface area contributed by atoms with Gasteiger partial charge in [-0.1, -0.05) is 76.6 Å². The van der Waals surface area contributed by atoms with Gasteiger partial charge in [-0.25, -0.2) is 4.79 Å². The van der Waals surface area contributed by atoms with Gasteiger partial charge in [-0.15, -0.1) is 10.2 Å². The number of carbonyl (C=O) groups is 1.